The Labute approximate surface area is 122 Å². The number of hydrogen-bond acceptors (Lipinski definition) is 2. The SMILES string of the molecule is O=C1OC(c2cccc3c2CCCC3)c2cc(F)ccc21. The first-order chi connectivity index (χ1) is 10.2. The smallest absolute Gasteiger partial charge is 0.339 e. The van der Waals surface area contributed by atoms with Gasteiger partial charge in [-0.05, 0) is 55.0 Å². The van der Waals surface area contributed by atoms with E-state index in [9.17, 15) is 9.18 Å². The number of cyclic esters (lactones) is 1. The van der Waals surface area contributed by atoms with Gasteiger partial charge in [-0.3, -0.25) is 0 Å². The third-order valence-electron chi connectivity index (χ3n) is 4.46. The molecule has 0 saturated carbocycles. The van der Waals surface area contributed by atoms with Gasteiger partial charge in [-0.1, -0.05) is 18.2 Å². The van der Waals surface area contributed by atoms with Gasteiger partial charge in [0.1, 0.15) is 5.82 Å². The van der Waals surface area contributed by atoms with E-state index in [0.29, 0.717) is 11.1 Å². The number of rotatable bonds is 1. The Bertz CT molecular complexity index is 736. The maximum absolute atomic E-state index is 13.6. The van der Waals surface area contributed by atoms with Crippen LogP contribution in [-0.4, -0.2) is 5.97 Å². The second kappa shape index (κ2) is 4.69. The number of hydrogen-bond donors (Lipinski definition) is 0. The van der Waals surface area contributed by atoms with E-state index in [1.54, 1.807) is 0 Å². The summed E-state index contributed by atoms with van der Waals surface area (Å²) >= 11 is 0. The van der Waals surface area contributed by atoms with Crippen LogP contribution in [0.4, 0.5) is 4.39 Å². The van der Waals surface area contributed by atoms with Crippen LogP contribution in [0, 0.1) is 5.82 Å². The molecule has 0 amide bonds. The van der Waals surface area contributed by atoms with Crippen LogP contribution in [-0.2, 0) is 17.6 Å². The zero-order chi connectivity index (χ0) is 14.4. The highest BCUT2D eigenvalue weighted by Crippen LogP contribution is 2.39. The van der Waals surface area contributed by atoms with Crippen molar-refractivity contribution in [2.45, 2.75) is 31.8 Å². The number of aryl methyl sites for hydroxylation is 1. The summed E-state index contributed by atoms with van der Waals surface area (Å²) in [6, 6.07) is 10.4. The summed E-state index contributed by atoms with van der Waals surface area (Å²) in [5.41, 5.74) is 4.76. The summed E-state index contributed by atoms with van der Waals surface area (Å²) in [6.45, 7) is 0. The maximum Gasteiger partial charge on any atom is 0.339 e. The van der Waals surface area contributed by atoms with Crippen molar-refractivity contribution in [1.82, 2.24) is 0 Å². The molecule has 1 heterocycles. The minimum absolute atomic E-state index is 0.332. The first-order valence-electron chi connectivity index (χ1n) is 7.35. The Balaban J connectivity index is 1.86. The Morgan fingerprint density at radius 3 is 2.81 bits per heavy atom. The fourth-order valence-electron chi connectivity index (χ4n) is 3.46. The predicted molar refractivity (Wildman–Crippen MR) is 76.7 cm³/mol. The molecule has 0 saturated heterocycles. The molecule has 2 aliphatic rings. The number of halogens is 1. The summed E-state index contributed by atoms with van der Waals surface area (Å²) in [5, 5.41) is 0. The van der Waals surface area contributed by atoms with E-state index in [2.05, 4.69) is 6.07 Å². The van der Waals surface area contributed by atoms with Crippen LogP contribution in [0.3, 0.4) is 0 Å². The zero-order valence-corrected chi connectivity index (χ0v) is 11.6. The highest BCUT2D eigenvalue weighted by atomic mass is 19.1. The number of carbonyl (C=O) groups is 1. The molecule has 0 spiro atoms. The van der Waals surface area contributed by atoms with Crippen LogP contribution < -0.4 is 0 Å². The Morgan fingerprint density at radius 1 is 1.05 bits per heavy atom. The van der Waals surface area contributed by atoms with Gasteiger partial charge in [-0.15, -0.1) is 0 Å². The summed E-state index contributed by atoms with van der Waals surface area (Å²) in [6.07, 6.45) is 3.97. The molecule has 1 aliphatic carbocycles. The molecule has 1 atom stereocenters. The van der Waals surface area contributed by atoms with Gasteiger partial charge >= 0.3 is 5.97 Å². The van der Waals surface area contributed by atoms with Crippen molar-refractivity contribution in [3.63, 3.8) is 0 Å². The van der Waals surface area contributed by atoms with E-state index >= 15 is 0 Å². The fourth-order valence-corrected chi connectivity index (χ4v) is 3.46. The highest BCUT2D eigenvalue weighted by molar-refractivity contribution is 5.94. The molecule has 2 nitrogen and oxygen atoms in total. The van der Waals surface area contributed by atoms with E-state index in [-0.39, 0.29) is 11.8 Å². The van der Waals surface area contributed by atoms with Gasteiger partial charge in [0.05, 0.1) is 5.56 Å². The number of benzene rings is 2. The fraction of sp³-hybridized carbons (Fsp3) is 0.278. The van der Waals surface area contributed by atoms with Gasteiger partial charge in [0, 0.05) is 11.1 Å². The van der Waals surface area contributed by atoms with E-state index in [4.69, 9.17) is 4.74 Å². The van der Waals surface area contributed by atoms with Gasteiger partial charge < -0.3 is 4.74 Å². The van der Waals surface area contributed by atoms with E-state index in [1.807, 2.05) is 12.1 Å². The molecule has 2 aromatic carbocycles. The molecule has 21 heavy (non-hydrogen) atoms. The Morgan fingerprint density at radius 2 is 1.90 bits per heavy atom. The van der Waals surface area contributed by atoms with Gasteiger partial charge in [0.15, 0.2) is 6.10 Å². The van der Waals surface area contributed by atoms with Crippen LogP contribution in [0.5, 0.6) is 0 Å². The second-order valence-corrected chi connectivity index (χ2v) is 5.71. The normalized spacial score (nSPS) is 19.9. The molecule has 0 aromatic heterocycles. The average Bonchev–Trinajstić information content (AvgIpc) is 2.83. The van der Waals surface area contributed by atoms with Crippen molar-refractivity contribution in [2.75, 3.05) is 0 Å². The van der Waals surface area contributed by atoms with Crippen LogP contribution in [0.2, 0.25) is 0 Å². The molecule has 0 N–H and O–H groups in total. The molecule has 4 rings (SSSR count). The lowest BCUT2D eigenvalue weighted by molar-refractivity contribution is 0.0454. The molecule has 3 heteroatoms. The molecule has 2 aromatic rings. The summed E-state index contributed by atoms with van der Waals surface area (Å²) in [5.74, 6) is -0.690. The van der Waals surface area contributed by atoms with Crippen molar-refractivity contribution >= 4 is 5.97 Å². The lowest BCUT2D eigenvalue weighted by atomic mass is 9.85. The van der Waals surface area contributed by atoms with Crippen LogP contribution in [0.25, 0.3) is 0 Å². The van der Waals surface area contributed by atoms with Crippen LogP contribution >= 0.6 is 0 Å². The number of fused-ring (bicyclic) bond motifs is 2. The number of esters is 1. The van der Waals surface area contributed by atoms with Gasteiger partial charge in [0.25, 0.3) is 0 Å². The topological polar surface area (TPSA) is 26.3 Å². The van der Waals surface area contributed by atoms with E-state index < -0.39 is 6.10 Å². The Hall–Kier alpha value is -2.16. The maximum atomic E-state index is 13.6. The molecule has 0 bridgehead atoms. The molecule has 106 valence electrons. The predicted octanol–water partition coefficient (Wildman–Crippen LogP) is 3.96. The minimum atomic E-state index is -0.462. The quantitative estimate of drug-likeness (QED) is 0.740. The van der Waals surface area contributed by atoms with E-state index in [0.717, 1.165) is 24.8 Å². The monoisotopic (exact) mass is 282 g/mol. The first-order valence-corrected chi connectivity index (χ1v) is 7.35. The largest absolute Gasteiger partial charge is 0.449 e. The van der Waals surface area contributed by atoms with Crippen LogP contribution in [0.15, 0.2) is 36.4 Å². The average molecular weight is 282 g/mol. The lowest BCUT2D eigenvalue weighted by Crippen LogP contribution is -2.10. The molecule has 0 radical (unpaired) electrons. The Kier molecular flexibility index (Phi) is 2.81. The molecule has 1 unspecified atom stereocenters. The van der Waals surface area contributed by atoms with Crippen molar-refractivity contribution < 1.29 is 13.9 Å². The molecule has 0 fully saturated rings. The standard InChI is InChI=1S/C18H15FO2/c19-12-8-9-15-16(10-12)17(21-18(15)20)14-7-3-5-11-4-1-2-6-13(11)14/h3,5,7-10,17H,1-2,4,6H2. The van der Waals surface area contributed by atoms with Gasteiger partial charge in [-0.2, -0.15) is 0 Å². The second-order valence-electron chi connectivity index (χ2n) is 5.71. The van der Waals surface area contributed by atoms with Crippen molar-refractivity contribution in [1.29, 1.82) is 0 Å². The summed E-state index contributed by atoms with van der Waals surface area (Å²) in [4.78, 5) is 12.0. The van der Waals surface area contributed by atoms with Crippen molar-refractivity contribution in [3.8, 4) is 0 Å². The van der Waals surface area contributed by atoms with Crippen molar-refractivity contribution in [2.24, 2.45) is 0 Å². The van der Waals surface area contributed by atoms with E-state index in [1.165, 1.54) is 35.7 Å². The van der Waals surface area contributed by atoms with Crippen molar-refractivity contribution in [3.05, 3.63) is 70.0 Å². The molecular weight excluding hydrogens is 267 g/mol. The number of carbonyl (C=O) groups excluding carboxylic acids is 1. The third-order valence-corrected chi connectivity index (χ3v) is 4.46. The zero-order valence-electron chi connectivity index (χ0n) is 11.6. The first kappa shape index (κ1) is 12.6. The summed E-state index contributed by atoms with van der Waals surface area (Å²) < 4.78 is 19.1. The third kappa shape index (κ3) is 1.96. The molecular formula is C18H15FO2. The summed E-state index contributed by atoms with van der Waals surface area (Å²) in [7, 11) is 0. The van der Waals surface area contributed by atoms with Gasteiger partial charge in [0.2, 0.25) is 0 Å². The molecule has 1 aliphatic heterocycles. The number of ether oxygens (including phenoxy) is 1. The minimum Gasteiger partial charge on any atom is -0.449 e. The lowest BCUT2D eigenvalue weighted by Gasteiger charge is -2.22. The highest BCUT2D eigenvalue weighted by Gasteiger charge is 2.34. The van der Waals surface area contributed by atoms with Crippen LogP contribution in [0.1, 0.15) is 51.6 Å². The van der Waals surface area contributed by atoms with Gasteiger partial charge in [-0.25, -0.2) is 9.18 Å².